The van der Waals surface area contributed by atoms with Crippen LogP contribution in [0.15, 0.2) is 12.7 Å². The van der Waals surface area contributed by atoms with E-state index in [1.54, 1.807) is 31.7 Å². The molecule has 0 aromatic carbocycles. The first-order valence-corrected chi connectivity index (χ1v) is 22.2. The van der Waals surface area contributed by atoms with Crippen LogP contribution in [0, 0.1) is 16.7 Å². The third-order valence-electron chi connectivity index (χ3n) is 12.9. The zero-order valence-electron chi connectivity index (χ0n) is 34.1. The average Bonchev–Trinajstić information content (AvgIpc) is 3.80. The molecule has 5 amide bonds. The van der Waals surface area contributed by atoms with E-state index in [1.165, 1.54) is 0 Å². The Kier molecular flexibility index (Phi) is 14.1. The molecule has 4 aliphatic rings. The van der Waals surface area contributed by atoms with Gasteiger partial charge in [-0.05, 0) is 88.9 Å². The van der Waals surface area contributed by atoms with E-state index >= 15 is 4.79 Å². The molecule has 1 aliphatic heterocycles. The smallest absolute Gasteiger partial charge is 0.315 e. The van der Waals surface area contributed by atoms with Gasteiger partial charge in [-0.25, -0.2) is 13.2 Å². The van der Waals surface area contributed by atoms with Crippen LogP contribution in [0.3, 0.4) is 0 Å². The predicted octanol–water partition coefficient (Wildman–Crippen LogP) is 5.49. The highest BCUT2D eigenvalue weighted by Crippen LogP contribution is 2.44. The molecule has 4 atom stereocenters. The summed E-state index contributed by atoms with van der Waals surface area (Å²) in [5, 5.41) is 11.8. The van der Waals surface area contributed by atoms with Gasteiger partial charge in [-0.2, -0.15) is 0 Å². The molecule has 0 aromatic heterocycles. The molecule has 3 aliphatic carbocycles. The van der Waals surface area contributed by atoms with Crippen molar-refractivity contribution in [3.05, 3.63) is 12.7 Å². The lowest BCUT2D eigenvalue weighted by atomic mass is 9.70. The first-order chi connectivity index (χ1) is 25.2. The quantitative estimate of drug-likeness (QED) is 0.119. The monoisotopic (exact) mass is 775 g/mol. The van der Waals surface area contributed by atoms with Crippen molar-refractivity contribution >= 4 is 39.4 Å². The minimum absolute atomic E-state index is 0.0108. The Hall–Kier alpha value is -2.96. The number of amides is 5. The van der Waals surface area contributed by atoms with Gasteiger partial charge >= 0.3 is 6.03 Å². The van der Waals surface area contributed by atoms with Crippen molar-refractivity contribution in [3.8, 4) is 0 Å². The number of carbonyl (C=O) groups is 5. The summed E-state index contributed by atoms with van der Waals surface area (Å²) in [4.78, 5) is 71.6. The lowest BCUT2D eigenvalue weighted by molar-refractivity contribution is -0.145. The standard InChI is InChI=1S/C41H69N5O7S/c1-9-11-18-30(32(47)35(49)42-28-19-20-28)43-34(48)31-29(39(6,7)10-2)21-26-46(31)36(50)33(40(8)22-14-12-15-23-40)44-37(51)45-41(24-16-13-17-25-41)27-54(52,53)38(3,4)5/h10,28-31,33H,2,9,11-27H2,1,3-8H3,(H,42,49)(H,43,48)(H2,44,45,51)/t29-,30-,31-,33+/m0/s1. The van der Waals surface area contributed by atoms with E-state index in [4.69, 9.17) is 0 Å². The Labute approximate surface area is 324 Å². The summed E-state index contributed by atoms with van der Waals surface area (Å²) in [6, 6.07) is -3.59. The average molecular weight is 776 g/mol. The van der Waals surface area contributed by atoms with Gasteiger partial charge in [-0.15, -0.1) is 6.58 Å². The highest BCUT2D eigenvalue weighted by Gasteiger charge is 2.52. The Bertz CT molecular complexity index is 1500. The van der Waals surface area contributed by atoms with Gasteiger partial charge in [-0.1, -0.05) is 85.1 Å². The molecule has 0 radical (unpaired) electrons. The number of rotatable bonds is 16. The maximum absolute atomic E-state index is 15.1. The van der Waals surface area contributed by atoms with E-state index in [-0.39, 0.29) is 30.2 Å². The Morgan fingerprint density at radius 1 is 0.889 bits per heavy atom. The molecule has 1 heterocycles. The minimum atomic E-state index is -3.58. The zero-order chi connectivity index (χ0) is 40.1. The van der Waals surface area contributed by atoms with Gasteiger partial charge in [0.2, 0.25) is 17.6 Å². The van der Waals surface area contributed by atoms with Crippen LogP contribution in [-0.4, -0.2) is 89.6 Å². The molecule has 306 valence electrons. The molecule has 4 N–H and O–H groups in total. The summed E-state index contributed by atoms with van der Waals surface area (Å²) in [5.74, 6) is -2.79. The molecule has 54 heavy (non-hydrogen) atoms. The molecule has 4 rings (SSSR count). The lowest BCUT2D eigenvalue weighted by Crippen LogP contribution is -2.65. The molecule has 0 unspecified atom stereocenters. The second-order valence-corrected chi connectivity index (χ2v) is 21.4. The van der Waals surface area contributed by atoms with Crippen LogP contribution in [0.25, 0.3) is 0 Å². The number of hydrogen-bond donors (Lipinski definition) is 4. The van der Waals surface area contributed by atoms with E-state index in [9.17, 15) is 27.6 Å². The highest BCUT2D eigenvalue weighted by atomic mass is 32.2. The summed E-state index contributed by atoms with van der Waals surface area (Å²) in [6.45, 7) is 17.3. The summed E-state index contributed by atoms with van der Waals surface area (Å²) < 4.78 is 26.0. The molecular formula is C41H69N5O7S. The predicted molar refractivity (Wildman–Crippen MR) is 211 cm³/mol. The number of hydrogen-bond acceptors (Lipinski definition) is 7. The van der Waals surface area contributed by atoms with Crippen LogP contribution < -0.4 is 21.3 Å². The fourth-order valence-electron chi connectivity index (χ4n) is 8.74. The van der Waals surface area contributed by atoms with Crippen molar-refractivity contribution in [2.45, 2.75) is 186 Å². The number of Topliss-reactive ketones (excluding diaryl/α,β-unsaturated/α-hetero) is 1. The fraction of sp³-hybridized carbons (Fsp3) is 0.829. The van der Waals surface area contributed by atoms with Gasteiger partial charge in [0.05, 0.1) is 22.1 Å². The zero-order valence-corrected chi connectivity index (χ0v) is 34.9. The van der Waals surface area contributed by atoms with Crippen molar-refractivity contribution < 1.29 is 32.4 Å². The van der Waals surface area contributed by atoms with Gasteiger partial charge in [0, 0.05) is 12.6 Å². The molecule has 13 heteroatoms. The molecule has 12 nitrogen and oxygen atoms in total. The molecule has 0 spiro atoms. The SMILES string of the molecule is C=CC(C)(C)[C@H]1CCN(C(=O)[C@@H](NC(=O)NC2(CS(=O)(=O)C(C)(C)C)CCCCC2)C2(C)CCCCC2)[C@@H]1C(=O)N[C@@H](CCCC)C(=O)C(=O)NC1CC1. The minimum Gasteiger partial charge on any atom is -0.347 e. The molecule has 3 saturated carbocycles. The maximum Gasteiger partial charge on any atom is 0.315 e. The number of carbonyl (C=O) groups excluding carboxylic acids is 5. The summed E-state index contributed by atoms with van der Waals surface area (Å²) >= 11 is 0. The Balaban J connectivity index is 1.66. The molecule has 0 aromatic rings. The summed E-state index contributed by atoms with van der Waals surface area (Å²) in [5.41, 5.74) is -2.14. The van der Waals surface area contributed by atoms with Gasteiger partial charge in [-0.3, -0.25) is 19.2 Å². The third-order valence-corrected chi connectivity index (χ3v) is 15.6. The first-order valence-electron chi connectivity index (χ1n) is 20.6. The van der Waals surface area contributed by atoms with Crippen molar-refractivity contribution in [2.24, 2.45) is 16.7 Å². The van der Waals surface area contributed by atoms with Crippen LogP contribution in [0.4, 0.5) is 4.79 Å². The largest absolute Gasteiger partial charge is 0.347 e. The lowest BCUT2D eigenvalue weighted by Gasteiger charge is -2.44. The van der Waals surface area contributed by atoms with Crippen LogP contribution in [-0.2, 0) is 29.0 Å². The van der Waals surface area contributed by atoms with Crippen molar-refractivity contribution in [3.63, 3.8) is 0 Å². The second kappa shape index (κ2) is 17.5. The highest BCUT2D eigenvalue weighted by molar-refractivity contribution is 7.92. The number of unbranched alkanes of at least 4 members (excludes halogenated alkanes) is 1. The van der Waals surface area contributed by atoms with Gasteiger partial charge in [0.25, 0.3) is 5.91 Å². The van der Waals surface area contributed by atoms with E-state index in [0.29, 0.717) is 44.9 Å². The van der Waals surface area contributed by atoms with E-state index in [1.807, 2.05) is 27.7 Å². The topological polar surface area (TPSA) is 171 Å². The number of allylic oxidation sites excluding steroid dienone is 1. The maximum atomic E-state index is 15.1. The molecular weight excluding hydrogens is 707 g/mol. The van der Waals surface area contributed by atoms with Crippen molar-refractivity contribution in [1.29, 1.82) is 0 Å². The number of likely N-dealkylation sites (tertiary alicyclic amines) is 1. The molecule has 0 bridgehead atoms. The molecule has 1 saturated heterocycles. The van der Waals surface area contributed by atoms with Gasteiger partial charge in [0.1, 0.15) is 12.1 Å². The van der Waals surface area contributed by atoms with Gasteiger partial charge < -0.3 is 26.2 Å². The van der Waals surface area contributed by atoms with Gasteiger partial charge in [0.15, 0.2) is 9.84 Å². The van der Waals surface area contributed by atoms with Crippen LogP contribution in [0.1, 0.15) is 151 Å². The summed E-state index contributed by atoms with van der Waals surface area (Å²) in [7, 11) is -3.58. The van der Waals surface area contributed by atoms with Crippen LogP contribution in [0.2, 0.25) is 0 Å². The number of urea groups is 1. The number of sulfone groups is 1. The van der Waals surface area contributed by atoms with E-state index in [0.717, 1.165) is 57.8 Å². The molecule has 4 fully saturated rings. The summed E-state index contributed by atoms with van der Waals surface area (Å²) in [6.07, 6.45) is 13.4. The van der Waals surface area contributed by atoms with Crippen LogP contribution in [0.5, 0.6) is 0 Å². The Morgan fingerprint density at radius 2 is 1.48 bits per heavy atom. The van der Waals surface area contributed by atoms with Crippen molar-refractivity contribution in [1.82, 2.24) is 26.2 Å². The fourth-order valence-corrected chi connectivity index (χ4v) is 10.3. The number of nitrogens with one attached hydrogen (secondary N) is 4. The Morgan fingerprint density at radius 3 is 2.02 bits per heavy atom. The van der Waals surface area contributed by atoms with Crippen LogP contribution >= 0.6 is 0 Å². The van der Waals surface area contributed by atoms with E-state index < -0.39 is 72.7 Å². The van der Waals surface area contributed by atoms with E-state index in [2.05, 4.69) is 27.8 Å². The first kappa shape index (κ1) is 43.8. The normalized spacial score (nSPS) is 24.1. The number of nitrogens with zero attached hydrogens (tertiary/aromatic N) is 1. The second-order valence-electron chi connectivity index (χ2n) is 18.7. The van der Waals surface area contributed by atoms with Crippen molar-refractivity contribution in [2.75, 3.05) is 12.3 Å². The number of ketones is 1. The third kappa shape index (κ3) is 10.5.